The zero-order chi connectivity index (χ0) is 14.0. The van der Waals surface area contributed by atoms with Gasteiger partial charge in [0.15, 0.2) is 0 Å². The third-order valence-corrected chi connectivity index (χ3v) is 4.19. The SMILES string of the molecule is CCCN(CCC)CC1C(N)C(C)(C)OC1(C)C. The highest BCUT2D eigenvalue weighted by molar-refractivity contribution is 5.04. The second-order valence-corrected chi connectivity index (χ2v) is 6.74. The Labute approximate surface area is 113 Å². The van der Waals surface area contributed by atoms with Crippen molar-refractivity contribution in [1.82, 2.24) is 4.90 Å². The van der Waals surface area contributed by atoms with E-state index in [1.807, 2.05) is 0 Å². The van der Waals surface area contributed by atoms with Crippen molar-refractivity contribution in [1.29, 1.82) is 0 Å². The Bertz CT molecular complexity index is 257. The third-order valence-electron chi connectivity index (χ3n) is 4.19. The number of rotatable bonds is 6. The van der Waals surface area contributed by atoms with Gasteiger partial charge in [-0.2, -0.15) is 0 Å². The van der Waals surface area contributed by atoms with Crippen molar-refractivity contribution in [2.24, 2.45) is 11.7 Å². The number of hydrogen-bond acceptors (Lipinski definition) is 3. The summed E-state index contributed by atoms with van der Waals surface area (Å²) in [5, 5.41) is 0. The maximum absolute atomic E-state index is 6.42. The summed E-state index contributed by atoms with van der Waals surface area (Å²) in [4.78, 5) is 2.54. The quantitative estimate of drug-likeness (QED) is 0.794. The fourth-order valence-corrected chi connectivity index (χ4v) is 3.28. The Balaban J connectivity index is 2.74. The normalized spacial score (nSPS) is 30.0. The van der Waals surface area contributed by atoms with Crippen molar-refractivity contribution in [3.8, 4) is 0 Å². The van der Waals surface area contributed by atoms with Crippen molar-refractivity contribution < 1.29 is 4.74 Å². The van der Waals surface area contributed by atoms with Crippen LogP contribution in [0.2, 0.25) is 0 Å². The van der Waals surface area contributed by atoms with Crippen molar-refractivity contribution in [3.05, 3.63) is 0 Å². The first-order chi connectivity index (χ1) is 8.24. The molecule has 2 unspecified atom stereocenters. The zero-order valence-corrected chi connectivity index (χ0v) is 13.1. The molecule has 2 atom stereocenters. The lowest BCUT2D eigenvalue weighted by Crippen LogP contribution is -2.48. The minimum absolute atomic E-state index is 0.115. The van der Waals surface area contributed by atoms with Crippen LogP contribution in [0.25, 0.3) is 0 Å². The van der Waals surface area contributed by atoms with Gasteiger partial charge in [-0.1, -0.05) is 13.8 Å². The van der Waals surface area contributed by atoms with Gasteiger partial charge in [-0.25, -0.2) is 0 Å². The Morgan fingerprint density at radius 3 is 1.83 bits per heavy atom. The first-order valence-electron chi connectivity index (χ1n) is 7.42. The van der Waals surface area contributed by atoms with Gasteiger partial charge in [0.25, 0.3) is 0 Å². The average molecular weight is 256 g/mol. The van der Waals surface area contributed by atoms with E-state index in [-0.39, 0.29) is 17.2 Å². The van der Waals surface area contributed by atoms with Gasteiger partial charge in [0.1, 0.15) is 0 Å². The lowest BCUT2D eigenvalue weighted by molar-refractivity contribution is -0.0784. The van der Waals surface area contributed by atoms with Gasteiger partial charge in [-0.05, 0) is 53.6 Å². The van der Waals surface area contributed by atoms with E-state index in [0.717, 1.165) is 19.6 Å². The molecule has 3 nitrogen and oxygen atoms in total. The first-order valence-corrected chi connectivity index (χ1v) is 7.42. The van der Waals surface area contributed by atoms with E-state index in [1.54, 1.807) is 0 Å². The highest BCUT2D eigenvalue weighted by Gasteiger charge is 2.52. The molecule has 2 N–H and O–H groups in total. The molecule has 18 heavy (non-hydrogen) atoms. The third kappa shape index (κ3) is 3.46. The fraction of sp³-hybridized carbons (Fsp3) is 1.00. The van der Waals surface area contributed by atoms with Crippen LogP contribution in [0.5, 0.6) is 0 Å². The number of nitrogens with zero attached hydrogens (tertiary/aromatic N) is 1. The number of ether oxygens (including phenoxy) is 1. The van der Waals surface area contributed by atoms with Crippen LogP contribution in [0.15, 0.2) is 0 Å². The summed E-state index contributed by atoms with van der Waals surface area (Å²) in [5.41, 5.74) is 6.09. The first kappa shape index (κ1) is 15.9. The van der Waals surface area contributed by atoms with Crippen LogP contribution >= 0.6 is 0 Å². The fourth-order valence-electron chi connectivity index (χ4n) is 3.28. The van der Waals surface area contributed by atoms with Gasteiger partial charge >= 0.3 is 0 Å². The molecule has 108 valence electrons. The van der Waals surface area contributed by atoms with E-state index in [1.165, 1.54) is 12.8 Å². The van der Waals surface area contributed by atoms with Gasteiger partial charge in [0, 0.05) is 18.5 Å². The largest absolute Gasteiger partial charge is 0.368 e. The van der Waals surface area contributed by atoms with Crippen LogP contribution < -0.4 is 5.73 Å². The van der Waals surface area contributed by atoms with E-state index in [4.69, 9.17) is 10.5 Å². The molecule has 1 saturated heterocycles. The summed E-state index contributed by atoms with van der Waals surface area (Å²) in [6.07, 6.45) is 2.40. The van der Waals surface area contributed by atoms with Crippen LogP contribution in [-0.4, -0.2) is 41.8 Å². The molecule has 1 fully saturated rings. The molecule has 0 aliphatic carbocycles. The molecule has 0 aromatic carbocycles. The minimum Gasteiger partial charge on any atom is -0.368 e. The molecule has 1 aliphatic rings. The van der Waals surface area contributed by atoms with Crippen LogP contribution in [0.1, 0.15) is 54.4 Å². The molecule has 0 saturated carbocycles. The molecule has 0 radical (unpaired) electrons. The van der Waals surface area contributed by atoms with Gasteiger partial charge in [-0.15, -0.1) is 0 Å². The van der Waals surface area contributed by atoms with Gasteiger partial charge in [-0.3, -0.25) is 0 Å². The molecular weight excluding hydrogens is 224 g/mol. The predicted octanol–water partition coefficient (Wildman–Crippen LogP) is 2.64. The average Bonchev–Trinajstić information content (AvgIpc) is 2.37. The van der Waals surface area contributed by atoms with E-state index in [9.17, 15) is 0 Å². The molecular formula is C15H32N2O. The highest BCUT2D eigenvalue weighted by atomic mass is 16.5. The highest BCUT2D eigenvalue weighted by Crippen LogP contribution is 2.41. The number of hydrogen-bond donors (Lipinski definition) is 1. The second-order valence-electron chi connectivity index (χ2n) is 6.74. The van der Waals surface area contributed by atoms with Crippen molar-refractivity contribution in [3.63, 3.8) is 0 Å². The summed E-state index contributed by atoms with van der Waals surface area (Å²) in [6, 6.07) is 0.115. The summed E-state index contributed by atoms with van der Waals surface area (Å²) >= 11 is 0. The molecule has 1 heterocycles. The molecule has 0 bridgehead atoms. The minimum atomic E-state index is -0.210. The molecule has 0 aromatic heterocycles. The summed E-state index contributed by atoms with van der Waals surface area (Å²) in [7, 11) is 0. The Hall–Kier alpha value is -0.120. The van der Waals surface area contributed by atoms with E-state index in [2.05, 4.69) is 46.4 Å². The summed E-state index contributed by atoms with van der Waals surface area (Å²) < 4.78 is 6.17. The van der Waals surface area contributed by atoms with Crippen LogP contribution in [-0.2, 0) is 4.74 Å². The van der Waals surface area contributed by atoms with E-state index in [0.29, 0.717) is 5.92 Å². The smallest absolute Gasteiger partial charge is 0.0788 e. The lowest BCUT2D eigenvalue weighted by atomic mass is 9.82. The molecule has 1 aliphatic heterocycles. The summed E-state index contributed by atoms with van der Waals surface area (Å²) in [6.45, 7) is 16.4. The van der Waals surface area contributed by atoms with E-state index < -0.39 is 0 Å². The van der Waals surface area contributed by atoms with Crippen LogP contribution in [0, 0.1) is 5.92 Å². The topological polar surface area (TPSA) is 38.5 Å². The number of nitrogens with two attached hydrogens (primary N) is 1. The zero-order valence-electron chi connectivity index (χ0n) is 13.1. The van der Waals surface area contributed by atoms with Crippen molar-refractivity contribution in [2.75, 3.05) is 19.6 Å². The van der Waals surface area contributed by atoms with Crippen molar-refractivity contribution >= 4 is 0 Å². The predicted molar refractivity (Wildman–Crippen MR) is 77.7 cm³/mol. The molecule has 0 spiro atoms. The van der Waals surface area contributed by atoms with Crippen molar-refractivity contribution in [2.45, 2.75) is 71.6 Å². The Morgan fingerprint density at radius 1 is 1.00 bits per heavy atom. The Kier molecular flexibility index (Phi) is 5.22. The van der Waals surface area contributed by atoms with Crippen LogP contribution in [0.4, 0.5) is 0 Å². The maximum Gasteiger partial charge on any atom is 0.0788 e. The summed E-state index contributed by atoms with van der Waals surface area (Å²) in [5.74, 6) is 0.408. The molecule has 0 aromatic rings. The standard InChI is InChI=1S/C15H32N2O/c1-7-9-17(10-8-2)11-12-13(16)15(5,6)18-14(12,3)4/h12-13H,7-11,16H2,1-6H3. The van der Waals surface area contributed by atoms with Crippen LogP contribution in [0.3, 0.4) is 0 Å². The second kappa shape index (κ2) is 5.89. The molecule has 1 rings (SSSR count). The van der Waals surface area contributed by atoms with Gasteiger partial charge in [0.05, 0.1) is 11.2 Å². The van der Waals surface area contributed by atoms with Gasteiger partial charge in [0.2, 0.25) is 0 Å². The molecule has 0 amide bonds. The van der Waals surface area contributed by atoms with E-state index >= 15 is 0 Å². The monoisotopic (exact) mass is 256 g/mol. The lowest BCUT2D eigenvalue weighted by Gasteiger charge is -2.33. The Morgan fingerprint density at radius 2 is 1.50 bits per heavy atom. The molecule has 3 heteroatoms. The van der Waals surface area contributed by atoms with Gasteiger partial charge < -0.3 is 15.4 Å². The maximum atomic E-state index is 6.42.